The molecule has 2 N–H and O–H groups in total. The zero-order valence-electron chi connectivity index (χ0n) is 19.6. The van der Waals surface area contributed by atoms with Crippen molar-refractivity contribution in [1.29, 1.82) is 0 Å². The van der Waals surface area contributed by atoms with Gasteiger partial charge >= 0.3 is 0 Å². The molecule has 8 heteroatoms. The van der Waals surface area contributed by atoms with E-state index in [2.05, 4.69) is 39.9 Å². The molecule has 1 fully saturated rings. The quantitative estimate of drug-likeness (QED) is 0.601. The first-order chi connectivity index (χ1) is 15.9. The van der Waals surface area contributed by atoms with Crippen LogP contribution in [0.25, 0.3) is 5.57 Å². The van der Waals surface area contributed by atoms with Crippen LogP contribution in [-0.2, 0) is 11.3 Å². The third-order valence-corrected chi connectivity index (χ3v) is 6.12. The van der Waals surface area contributed by atoms with E-state index in [4.69, 9.17) is 22.3 Å². The number of anilines is 1. The van der Waals surface area contributed by atoms with Crippen LogP contribution in [0.3, 0.4) is 0 Å². The molecule has 1 saturated heterocycles. The molecule has 1 atom stereocenters. The van der Waals surface area contributed by atoms with Crippen molar-refractivity contribution in [3.63, 3.8) is 0 Å². The molecule has 33 heavy (non-hydrogen) atoms. The molecule has 1 aromatic heterocycles. The van der Waals surface area contributed by atoms with Gasteiger partial charge in [0.15, 0.2) is 0 Å². The first-order valence-electron chi connectivity index (χ1n) is 11.2. The van der Waals surface area contributed by atoms with E-state index in [9.17, 15) is 4.79 Å². The lowest BCUT2D eigenvalue weighted by Crippen LogP contribution is -2.49. The van der Waals surface area contributed by atoms with E-state index in [1.165, 1.54) is 0 Å². The van der Waals surface area contributed by atoms with Gasteiger partial charge in [-0.1, -0.05) is 35.9 Å². The number of nitrogens with zero attached hydrogens (tertiary/aromatic N) is 5. The fraction of sp³-hybridized carbons (Fsp3) is 0.400. The molecular weight excluding hydrogens is 436 g/mol. The molecule has 2 heterocycles. The van der Waals surface area contributed by atoms with Gasteiger partial charge in [0.25, 0.3) is 0 Å². The van der Waals surface area contributed by atoms with Crippen LogP contribution in [0.5, 0.6) is 0 Å². The van der Waals surface area contributed by atoms with Crippen LogP contribution in [0.15, 0.2) is 53.7 Å². The van der Waals surface area contributed by atoms with E-state index >= 15 is 0 Å². The number of pyridine rings is 1. The van der Waals surface area contributed by atoms with Crippen LogP contribution < -0.4 is 10.6 Å². The number of piperazine rings is 1. The van der Waals surface area contributed by atoms with E-state index in [-0.39, 0.29) is 18.6 Å². The van der Waals surface area contributed by atoms with Crippen LogP contribution in [-0.4, -0.2) is 72.8 Å². The summed E-state index contributed by atoms with van der Waals surface area (Å²) in [5, 5.41) is 0.654. The van der Waals surface area contributed by atoms with Gasteiger partial charge in [-0.05, 0) is 48.7 Å². The molecule has 2 aromatic rings. The Morgan fingerprint density at radius 2 is 2.03 bits per heavy atom. The number of aliphatic imine (C=N–C) groups is 1. The van der Waals surface area contributed by atoms with Crippen molar-refractivity contribution in [1.82, 2.24) is 14.8 Å². The van der Waals surface area contributed by atoms with Crippen molar-refractivity contribution < 1.29 is 4.79 Å². The maximum atomic E-state index is 11.8. The average Bonchev–Trinajstić information content (AvgIpc) is 2.84. The lowest BCUT2D eigenvalue weighted by atomic mass is 10.0. The predicted molar refractivity (Wildman–Crippen MR) is 137 cm³/mol. The Morgan fingerprint density at radius 1 is 1.27 bits per heavy atom. The normalized spacial score (nSPS) is 16.3. The van der Waals surface area contributed by atoms with Gasteiger partial charge in [-0.15, -0.1) is 0 Å². The summed E-state index contributed by atoms with van der Waals surface area (Å²) in [6.07, 6.45) is 5.79. The second-order valence-electron chi connectivity index (χ2n) is 8.17. The number of rotatable bonds is 8. The molecule has 176 valence electrons. The highest BCUT2D eigenvalue weighted by molar-refractivity contribution is 6.30. The van der Waals surface area contributed by atoms with Gasteiger partial charge in [0.2, 0.25) is 5.91 Å². The summed E-state index contributed by atoms with van der Waals surface area (Å²) in [6.45, 7) is 8.34. The molecule has 1 aliphatic heterocycles. The SMILES string of the molecule is C/C=C(\C=NC(C)N1CCN(c2ccc(Cl)cn2)CC1)c1cccc(CN(C)C(=O)CN)c1. The molecule has 1 aliphatic rings. The second kappa shape index (κ2) is 11.9. The van der Waals surface area contributed by atoms with Crippen molar-refractivity contribution in [3.05, 3.63) is 64.8 Å². The second-order valence-corrected chi connectivity index (χ2v) is 8.60. The number of aromatic nitrogens is 1. The highest BCUT2D eigenvalue weighted by atomic mass is 35.5. The third kappa shape index (κ3) is 6.87. The first kappa shape index (κ1) is 24.9. The molecule has 0 bridgehead atoms. The molecule has 0 spiro atoms. The summed E-state index contributed by atoms with van der Waals surface area (Å²) < 4.78 is 0. The number of benzene rings is 1. The molecule has 3 rings (SSSR count). The van der Waals surface area contributed by atoms with Crippen LogP contribution >= 0.6 is 11.6 Å². The summed E-state index contributed by atoms with van der Waals surface area (Å²) in [7, 11) is 1.77. The molecule has 1 unspecified atom stereocenters. The Balaban J connectivity index is 1.58. The monoisotopic (exact) mass is 468 g/mol. The standard InChI is InChI=1S/C25H33ClN6O/c1-4-21(22-7-5-6-20(14-22)18-30(3)25(33)15-27)16-28-19(2)31-10-12-32(13-11-31)24-9-8-23(26)17-29-24/h4-9,14,16-17,19H,10-13,15,18,27H2,1-3H3/b21-4+,28-16?. The van der Waals surface area contributed by atoms with Gasteiger partial charge < -0.3 is 15.5 Å². The number of hydrogen-bond donors (Lipinski definition) is 1. The molecule has 1 aromatic carbocycles. The highest BCUT2D eigenvalue weighted by Crippen LogP contribution is 2.19. The van der Waals surface area contributed by atoms with E-state index in [1.54, 1.807) is 18.1 Å². The van der Waals surface area contributed by atoms with E-state index < -0.39 is 0 Å². The minimum absolute atomic E-state index is 0.0192. The Morgan fingerprint density at radius 3 is 2.67 bits per heavy atom. The van der Waals surface area contributed by atoms with Crippen LogP contribution in [0.1, 0.15) is 25.0 Å². The third-order valence-electron chi connectivity index (χ3n) is 5.90. The molecule has 1 amide bonds. The smallest absolute Gasteiger partial charge is 0.236 e. The average molecular weight is 469 g/mol. The fourth-order valence-corrected chi connectivity index (χ4v) is 3.96. The molecular formula is C25H33ClN6O. The predicted octanol–water partition coefficient (Wildman–Crippen LogP) is 3.29. The zero-order chi connectivity index (χ0) is 23.8. The van der Waals surface area contributed by atoms with E-state index in [0.29, 0.717) is 11.6 Å². The number of nitrogens with two attached hydrogens (primary N) is 1. The van der Waals surface area contributed by atoms with Gasteiger partial charge in [-0.3, -0.25) is 14.7 Å². The Bertz CT molecular complexity index is 983. The summed E-state index contributed by atoms with van der Waals surface area (Å²) >= 11 is 5.95. The number of hydrogen-bond acceptors (Lipinski definition) is 6. The molecule has 0 saturated carbocycles. The van der Waals surface area contributed by atoms with Crippen LogP contribution in [0, 0.1) is 0 Å². The van der Waals surface area contributed by atoms with E-state index in [0.717, 1.165) is 48.7 Å². The summed E-state index contributed by atoms with van der Waals surface area (Å²) in [4.78, 5) is 27.3. The van der Waals surface area contributed by atoms with Gasteiger partial charge in [0.1, 0.15) is 5.82 Å². The van der Waals surface area contributed by atoms with Crippen molar-refractivity contribution in [3.8, 4) is 0 Å². The molecule has 7 nitrogen and oxygen atoms in total. The number of likely N-dealkylation sites (N-methyl/N-ethyl adjacent to an activating group) is 1. The lowest BCUT2D eigenvalue weighted by Gasteiger charge is -2.37. The van der Waals surface area contributed by atoms with Crippen molar-refractivity contribution >= 4 is 35.1 Å². The summed E-state index contributed by atoms with van der Waals surface area (Å²) in [6, 6.07) is 12.0. The van der Waals surface area contributed by atoms with Crippen molar-refractivity contribution in [2.75, 3.05) is 44.7 Å². The van der Waals surface area contributed by atoms with Gasteiger partial charge in [-0.2, -0.15) is 0 Å². The number of halogens is 1. The summed E-state index contributed by atoms with van der Waals surface area (Å²) in [5.41, 5.74) is 8.66. The Kier molecular flexibility index (Phi) is 9.00. The van der Waals surface area contributed by atoms with E-state index in [1.807, 2.05) is 37.4 Å². The fourth-order valence-electron chi connectivity index (χ4n) is 3.85. The van der Waals surface area contributed by atoms with Crippen molar-refractivity contribution in [2.24, 2.45) is 10.7 Å². The zero-order valence-corrected chi connectivity index (χ0v) is 20.4. The van der Waals surface area contributed by atoms with Gasteiger partial charge in [-0.25, -0.2) is 4.98 Å². The highest BCUT2D eigenvalue weighted by Gasteiger charge is 2.21. The van der Waals surface area contributed by atoms with Gasteiger partial charge in [0.05, 0.1) is 17.7 Å². The Labute approximate surface area is 201 Å². The number of amides is 1. The van der Waals surface area contributed by atoms with Crippen molar-refractivity contribution in [2.45, 2.75) is 26.6 Å². The van der Waals surface area contributed by atoms with Crippen LogP contribution in [0.2, 0.25) is 5.02 Å². The maximum Gasteiger partial charge on any atom is 0.236 e. The lowest BCUT2D eigenvalue weighted by molar-refractivity contribution is -0.128. The topological polar surface area (TPSA) is 78.1 Å². The number of carbonyl (C=O) groups excluding carboxylic acids is 1. The van der Waals surface area contributed by atoms with Crippen LogP contribution in [0.4, 0.5) is 5.82 Å². The first-order valence-corrected chi connectivity index (χ1v) is 11.6. The Hall–Kier alpha value is -2.74. The largest absolute Gasteiger partial charge is 0.354 e. The maximum absolute atomic E-state index is 11.8. The number of carbonyl (C=O) groups is 1. The number of allylic oxidation sites excluding steroid dienone is 2. The minimum Gasteiger partial charge on any atom is -0.354 e. The van der Waals surface area contributed by atoms with Gasteiger partial charge in [0, 0.05) is 52.2 Å². The molecule has 0 aliphatic carbocycles. The minimum atomic E-state index is -0.0750. The molecule has 0 radical (unpaired) electrons. The summed E-state index contributed by atoms with van der Waals surface area (Å²) in [5.74, 6) is 0.888.